The van der Waals surface area contributed by atoms with E-state index in [2.05, 4.69) is 27.9 Å². The summed E-state index contributed by atoms with van der Waals surface area (Å²) in [6, 6.07) is 5.97. The minimum absolute atomic E-state index is 0. The molecule has 1 aromatic rings. The first-order valence-corrected chi connectivity index (χ1v) is 8.03. The van der Waals surface area contributed by atoms with E-state index in [-0.39, 0.29) is 23.0 Å². The maximum absolute atomic E-state index is 11.9. The normalized spacial score (nSPS) is 21.4. The van der Waals surface area contributed by atoms with E-state index in [1.165, 1.54) is 0 Å². The van der Waals surface area contributed by atoms with Crippen molar-refractivity contribution in [2.75, 3.05) is 5.32 Å². The summed E-state index contributed by atoms with van der Waals surface area (Å²) in [4.78, 5) is 11.9. The van der Waals surface area contributed by atoms with Gasteiger partial charge in [-0.1, -0.05) is 6.08 Å². The standard InChI is InChI=1S/C14H9INO.C5H5.Fe/c15-10-5-6-13-11(8-10)12(14(17)16-13)7-9-3-1-2-4-9;1-2-4-5-3-1;/h1-8H,(H,16,17);1-5H;/q;;+2/b12-7-;;. The summed E-state index contributed by atoms with van der Waals surface area (Å²) in [6.45, 7) is 0. The zero-order valence-corrected chi connectivity index (χ0v) is 15.4. The number of hydrogen-bond acceptors (Lipinski definition) is 1. The first-order valence-electron chi connectivity index (χ1n) is 6.95. The predicted octanol–water partition coefficient (Wildman–Crippen LogP) is 4.05. The average Bonchev–Trinajstić information content (AvgIpc) is 3.25. The Hall–Kier alpha value is -0.321. The topological polar surface area (TPSA) is 29.1 Å². The molecule has 0 spiro atoms. The smallest absolute Gasteiger partial charge is 0.321 e. The SMILES string of the molecule is O=C1Nc2ccc(I)cc2/C1=C/[C]1[CH][CH][CH][CH]1.[CH]1[CH][CH][CH][CH]1.[Fe+2]. The number of fused-ring (bicyclic) bond motifs is 1. The Kier molecular flexibility index (Phi) is 7.64. The van der Waals surface area contributed by atoms with Crippen LogP contribution in [0, 0.1) is 67.3 Å². The number of amides is 1. The quantitative estimate of drug-likeness (QED) is 0.387. The summed E-state index contributed by atoms with van der Waals surface area (Å²) in [5, 5.41) is 2.88. The zero-order valence-electron chi connectivity index (χ0n) is 12.1. The van der Waals surface area contributed by atoms with Crippen LogP contribution in [0.3, 0.4) is 0 Å². The van der Waals surface area contributed by atoms with E-state index in [1.54, 1.807) is 0 Å². The van der Waals surface area contributed by atoms with Crippen LogP contribution in [0.5, 0.6) is 0 Å². The molecule has 1 aliphatic heterocycles. The molecule has 2 fully saturated rings. The van der Waals surface area contributed by atoms with Gasteiger partial charge in [0.2, 0.25) is 0 Å². The van der Waals surface area contributed by atoms with Gasteiger partial charge < -0.3 is 5.32 Å². The van der Waals surface area contributed by atoms with Crippen molar-refractivity contribution in [1.82, 2.24) is 0 Å². The van der Waals surface area contributed by atoms with Gasteiger partial charge in [0, 0.05) is 26.3 Å². The van der Waals surface area contributed by atoms with Crippen LogP contribution < -0.4 is 5.32 Å². The first kappa shape index (κ1) is 19.0. The fourth-order valence-electron chi connectivity index (χ4n) is 2.28. The van der Waals surface area contributed by atoms with Gasteiger partial charge in [-0.2, -0.15) is 0 Å². The Balaban J connectivity index is 0.000000276. The van der Waals surface area contributed by atoms with Gasteiger partial charge in [-0.05, 0) is 98.6 Å². The minimum Gasteiger partial charge on any atom is -0.321 e. The second kappa shape index (κ2) is 9.24. The van der Waals surface area contributed by atoms with Crippen LogP contribution in [0.25, 0.3) is 5.57 Å². The third-order valence-corrected chi connectivity index (χ3v) is 3.99. The molecule has 0 unspecified atom stereocenters. The molecule has 3 aliphatic rings. The van der Waals surface area contributed by atoms with E-state index in [0.29, 0.717) is 0 Å². The summed E-state index contributed by atoms with van der Waals surface area (Å²) >= 11 is 2.25. The van der Waals surface area contributed by atoms with Crippen LogP contribution in [-0.2, 0) is 21.9 Å². The zero-order chi connectivity index (χ0) is 15.4. The van der Waals surface area contributed by atoms with Crippen LogP contribution in [0.4, 0.5) is 5.69 Å². The molecule has 1 aromatic carbocycles. The number of anilines is 1. The summed E-state index contributed by atoms with van der Waals surface area (Å²) in [5.74, 6) is 1.03. The Labute approximate surface area is 163 Å². The molecule has 4 rings (SSSR count). The number of nitrogens with one attached hydrogen (secondary N) is 1. The summed E-state index contributed by atoms with van der Waals surface area (Å²) < 4.78 is 1.13. The third-order valence-electron chi connectivity index (χ3n) is 3.32. The Bertz CT molecular complexity index is 567. The van der Waals surface area contributed by atoms with Crippen molar-refractivity contribution in [2.45, 2.75) is 0 Å². The van der Waals surface area contributed by atoms with E-state index in [9.17, 15) is 4.79 Å². The van der Waals surface area contributed by atoms with Crippen molar-refractivity contribution < 1.29 is 21.9 Å². The number of rotatable bonds is 1. The van der Waals surface area contributed by atoms with Crippen LogP contribution in [-0.4, -0.2) is 5.91 Å². The summed E-state index contributed by atoms with van der Waals surface area (Å²) in [5.41, 5.74) is 2.63. The van der Waals surface area contributed by atoms with Crippen LogP contribution in [0.1, 0.15) is 5.56 Å². The van der Waals surface area contributed by atoms with Gasteiger partial charge in [0.05, 0.1) is 0 Å². The van der Waals surface area contributed by atoms with Crippen LogP contribution in [0.2, 0.25) is 0 Å². The monoisotopic (exact) mass is 455 g/mol. The number of carbonyl (C=O) groups is 1. The van der Waals surface area contributed by atoms with Gasteiger partial charge in [-0.3, -0.25) is 4.79 Å². The van der Waals surface area contributed by atoms with E-state index < -0.39 is 0 Å². The molecule has 2 nitrogen and oxygen atoms in total. The molecule has 0 bridgehead atoms. The molecule has 0 atom stereocenters. The molecule has 2 saturated carbocycles. The third kappa shape index (κ3) is 5.07. The van der Waals surface area contributed by atoms with Crippen molar-refractivity contribution in [3.63, 3.8) is 0 Å². The number of allylic oxidation sites excluding steroid dienone is 1. The Morgan fingerprint density at radius 3 is 2.13 bits per heavy atom. The largest absolute Gasteiger partial charge is 2.00 e. The maximum atomic E-state index is 11.9. The van der Waals surface area contributed by atoms with Crippen molar-refractivity contribution >= 4 is 39.8 Å². The van der Waals surface area contributed by atoms with Crippen molar-refractivity contribution in [3.05, 3.63) is 97.1 Å². The second-order valence-electron chi connectivity index (χ2n) is 4.88. The van der Waals surface area contributed by atoms with E-state index in [4.69, 9.17) is 0 Å². The van der Waals surface area contributed by atoms with Crippen molar-refractivity contribution in [2.24, 2.45) is 0 Å². The molecule has 23 heavy (non-hydrogen) atoms. The molecule has 0 aromatic heterocycles. The molecule has 2 aliphatic carbocycles. The fourth-order valence-corrected chi connectivity index (χ4v) is 2.77. The average molecular weight is 455 g/mol. The summed E-state index contributed by atoms with van der Waals surface area (Å²) in [7, 11) is 0. The molecule has 114 valence electrons. The van der Waals surface area contributed by atoms with E-state index in [1.807, 2.05) is 82.1 Å². The minimum atomic E-state index is -0.0248. The molecular formula is C19H14FeINO+2. The predicted molar refractivity (Wildman–Crippen MR) is 97.7 cm³/mol. The summed E-state index contributed by atoms with van der Waals surface area (Å²) in [6.07, 6.45) is 19.8. The van der Waals surface area contributed by atoms with Crippen molar-refractivity contribution in [3.8, 4) is 0 Å². The van der Waals surface area contributed by atoms with Crippen LogP contribution >= 0.6 is 22.6 Å². The fraction of sp³-hybridized carbons (Fsp3) is 0. The van der Waals surface area contributed by atoms with Gasteiger partial charge in [0.15, 0.2) is 0 Å². The van der Waals surface area contributed by atoms with E-state index in [0.717, 1.165) is 26.3 Å². The molecular weight excluding hydrogens is 441 g/mol. The molecule has 0 saturated heterocycles. The van der Waals surface area contributed by atoms with E-state index >= 15 is 0 Å². The maximum Gasteiger partial charge on any atom is 2.00 e. The molecule has 10 radical (unpaired) electrons. The van der Waals surface area contributed by atoms with Gasteiger partial charge in [-0.15, -0.1) is 0 Å². The van der Waals surface area contributed by atoms with Gasteiger partial charge in [0.25, 0.3) is 5.91 Å². The van der Waals surface area contributed by atoms with Crippen LogP contribution in [0.15, 0.2) is 24.3 Å². The second-order valence-corrected chi connectivity index (χ2v) is 6.13. The number of hydrogen-bond donors (Lipinski definition) is 1. The first-order chi connectivity index (χ1) is 10.7. The number of halogens is 1. The molecule has 1 N–H and O–H groups in total. The van der Waals surface area contributed by atoms with Gasteiger partial charge in [-0.25, -0.2) is 0 Å². The Morgan fingerprint density at radius 1 is 0.913 bits per heavy atom. The Morgan fingerprint density at radius 2 is 1.52 bits per heavy atom. The number of benzene rings is 1. The molecule has 1 amide bonds. The van der Waals surface area contributed by atoms with Gasteiger partial charge >= 0.3 is 17.1 Å². The molecule has 4 heteroatoms. The molecule has 1 heterocycles. The number of carbonyl (C=O) groups excluding carboxylic acids is 1. The van der Waals surface area contributed by atoms with Crippen molar-refractivity contribution in [1.29, 1.82) is 0 Å². The van der Waals surface area contributed by atoms with Gasteiger partial charge in [0.1, 0.15) is 0 Å².